The van der Waals surface area contributed by atoms with E-state index in [0.29, 0.717) is 10.5 Å². The molecule has 0 radical (unpaired) electrons. The third kappa shape index (κ3) is 4.45. The van der Waals surface area contributed by atoms with E-state index in [1.54, 1.807) is 12.1 Å². The molecule has 4 aromatic rings. The number of pyridine rings is 1. The maximum absolute atomic E-state index is 13.7. The van der Waals surface area contributed by atoms with Gasteiger partial charge in [0.15, 0.2) is 21.7 Å². The first-order valence-electron chi connectivity index (χ1n) is 8.77. The van der Waals surface area contributed by atoms with E-state index in [1.807, 2.05) is 4.72 Å². The fourth-order valence-corrected chi connectivity index (χ4v) is 4.75. The van der Waals surface area contributed by atoms with Crippen molar-refractivity contribution in [3.05, 3.63) is 87.6 Å². The fourth-order valence-electron chi connectivity index (χ4n) is 2.80. The highest BCUT2D eigenvalue weighted by Gasteiger charge is 2.27. The smallest absolute Gasteiger partial charge is 0.283 e. The molecule has 0 atom stereocenters. The zero-order valence-corrected chi connectivity index (χ0v) is 18.9. The molecule has 0 saturated heterocycles. The largest absolute Gasteiger partial charge is 0.454 e. The number of halogens is 4. The average molecular weight is 543 g/mol. The first-order valence-corrected chi connectivity index (χ1v) is 11.4. The van der Waals surface area contributed by atoms with Crippen LogP contribution < -0.4 is 9.46 Å². The van der Waals surface area contributed by atoms with Gasteiger partial charge in [-0.15, -0.1) is 0 Å². The van der Waals surface area contributed by atoms with Gasteiger partial charge in [-0.3, -0.25) is 9.20 Å². The van der Waals surface area contributed by atoms with Crippen molar-refractivity contribution in [2.24, 2.45) is 0 Å². The molecule has 12 heteroatoms. The summed E-state index contributed by atoms with van der Waals surface area (Å²) in [5.74, 6) is -2.62. The SMILES string of the molecule is O=C(NS(=O)(=O)c1c(Cl)nc2ccc(Br)cn12)c1ccc(Oc2ccc(F)cc2F)cc1. The minimum Gasteiger partial charge on any atom is -0.454 e. The molecule has 0 aliphatic rings. The van der Waals surface area contributed by atoms with Crippen LogP contribution in [0.4, 0.5) is 8.78 Å². The normalized spacial score (nSPS) is 11.5. The Hall–Kier alpha value is -3.02. The molecule has 2 aromatic carbocycles. The lowest BCUT2D eigenvalue weighted by atomic mass is 10.2. The molecular formula is C20H11BrClF2N3O4S. The number of hydrogen-bond acceptors (Lipinski definition) is 5. The van der Waals surface area contributed by atoms with Gasteiger partial charge in [0.1, 0.15) is 17.2 Å². The zero-order valence-electron chi connectivity index (χ0n) is 15.7. The summed E-state index contributed by atoms with van der Waals surface area (Å²) < 4.78 is 61.4. The summed E-state index contributed by atoms with van der Waals surface area (Å²) in [5, 5.41) is -0.691. The van der Waals surface area contributed by atoms with Gasteiger partial charge in [-0.25, -0.2) is 18.5 Å². The van der Waals surface area contributed by atoms with Crippen molar-refractivity contribution in [1.82, 2.24) is 14.1 Å². The van der Waals surface area contributed by atoms with E-state index in [-0.39, 0.29) is 27.9 Å². The number of hydrogen-bond donors (Lipinski definition) is 1. The number of fused-ring (bicyclic) bond motifs is 1. The van der Waals surface area contributed by atoms with E-state index in [0.717, 1.165) is 12.1 Å². The molecule has 0 fully saturated rings. The number of aromatic nitrogens is 2. The number of ether oxygens (including phenoxy) is 1. The highest BCUT2D eigenvalue weighted by atomic mass is 79.9. The molecule has 0 unspecified atom stereocenters. The summed E-state index contributed by atoms with van der Waals surface area (Å²) in [6, 6.07) is 11.3. The van der Waals surface area contributed by atoms with Crippen molar-refractivity contribution >= 4 is 49.1 Å². The summed E-state index contributed by atoms with van der Waals surface area (Å²) in [4.78, 5) is 16.5. The van der Waals surface area contributed by atoms with Crippen LogP contribution in [-0.4, -0.2) is 23.7 Å². The Morgan fingerprint density at radius 2 is 1.81 bits per heavy atom. The van der Waals surface area contributed by atoms with Gasteiger partial charge < -0.3 is 4.74 Å². The molecule has 164 valence electrons. The lowest BCUT2D eigenvalue weighted by molar-refractivity contribution is 0.0981. The predicted molar refractivity (Wildman–Crippen MR) is 115 cm³/mol. The summed E-state index contributed by atoms with van der Waals surface area (Å²) in [6.07, 6.45) is 1.45. The van der Waals surface area contributed by atoms with E-state index >= 15 is 0 Å². The van der Waals surface area contributed by atoms with Crippen molar-refractivity contribution in [3.63, 3.8) is 0 Å². The molecule has 2 aromatic heterocycles. The molecule has 7 nitrogen and oxygen atoms in total. The van der Waals surface area contributed by atoms with Crippen molar-refractivity contribution in [2.75, 3.05) is 0 Å². The monoisotopic (exact) mass is 541 g/mol. The van der Waals surface area contributed by atoms with Gasteiger partial charge >= 0.3 is 0 Å². The van der Waals surface area contributed by atoms with Crippen molar-refractivity contribution < 1.29 is 26.7 Å². The Morgan fingerprint density at radius 3 is 2.50 bits per heavy atom. The van der Waals surface area contributed by atoms with Crippen LogP contribution in [0.15, 0.2) is 70.3 Å². The molecule has 1 N–H and O–H groups in total. The van der Waals surface area contributed by atoms with Gasteiger partial charge in [0.2, 0.25) is 0 Å². The first-order chi connectivity index (χ1) is 15.1. The molecule has 2 heterocycles. The minimum atomic E-state index is -4.37. The van der Waals surface area contributed by atoms with Gasteiger partial charge in [0, 0.05) is 22.3 Å². The van der Waals surface area contributed by atoms with Crippen molar-refractivity contribution in [1.29, 1.82) is 0 Å². The van der Waals surface area contributed by atoms with E-state index < -0.39 is 32.6 Å². The van der Waals surface area contributed by atoms with Crippen LogP contribution in [0.1, 0.15) is 10.4 Å². The van der Waals surface area contributed by atoms with Crippen LogP contribution in [-0.2, 0) is 10.0 Å². The van der Waals surface area contributed by atoms with Crippen LogP contribution in [0.5, 0.6) is 11.5 Å². The Kier molecular flexibility index (Phi) is 5.89. The molecular weight excluding hydrogens is 532 g/mol. The van der Waals surface area contributed by atoms with E-state index in [4.69, 9.17) is 16.3 Å². The Bertz CT molecular complexity index is 1460. The van der Waals surface area contributed by atoms with Gasteiger partial charge in [-0.05, 0) is 64.5 Å². The van der Waals surface area contributed by atoms with Crippen LogP contribution in [0, 0.1) is 11.6 Å². The van der Waals surface area contributed by atoms with Crippen molar-refractivity contribution in [3.8, 4) is 11.5 Å². The second kappa shape index (κ2) is 8.49. The van der Waals surface area contributed by atoms with Crippen LogP contribution in [0.25, 0.3) is 5.65 Å². The van der Waals surface area contributed by atoms with E-state index in [2.05, 4.69) is 20.9 Å². The maximum Gasteiger partial charge on any atom is 0.283 e. The maximum atomic E-state index is 13.7. The number of sulfonamides is 1. The molecule has 0 aliphatic heterocycles. The van der Waals surface area contributed by atoms with Gasteiger partial charge in [-0.1, -0.05) is 11.6 Å². The topological polar surface area (TPSA) is 89.8 Å². The number of carbonyl (C=O) groups is 1. The average Bonchev–Trinajstić information content (AvgIpc) is 3.06. The van der Waals surface area contributed by atoms with Gasteiger partial charge in [-0.2, -0.15) is 8.42 Å². The number of nitrogens with zero attached hydrogens (tertiary/aromatic N) is 2. The number of nitrogens with one attached hydrogen (secondary N) is 1. The predicted octanol–water partition coefficient (Wildman–Crippen LogP) is 4.94. The Labute approximate surface area is 193 Å². The lowest BCUT2D eigenvalue weighted by Gasteiger charge is -2.09. The summed E-state index contributed by atoms with van der Waals surface area (Å²) in [6.45, 7) is 0. The first kappa shape index (κ1) is 22.2. The van der Waals surface area contributed by atoms with Gasteiger partial charge in [0.05, 0.1) is 0 Å². The van der Waals surface area contributed by atoms with E-state index in [9.17, 15) is 22.0 Å². The second-order valence-electron chi connectivity index (χ2n) is 6.42. The number of carbonyl (C=O) groups excluding carboxylic acids is 1. The van der Waals surface area contributed by atoms with Crippen LogP contribution in [0.3, 0.4) is 0 Å². The zero-order chi connectivity index (χ0) is 23.0. The highest BCUT2D eigenvalue weighted by Crippen LogP contribution is 2.26. The molecule has 32 heavy (non-hydrogen) atoms. The molecule has 0 spiro atoms. The minimum absolute atomic E-state index is 0.00775. The Morgan fingerprint density at radius 1 is 1.09 bits per heavy atom. The summed E-state index contributed by atoms with van der Waals surface area (Å²) in [5.41, 5.74) is 0.271. The van der Waals surface area contributed by atoms with E-state index in [1.165, 1.54) is 34.9 Å². The fraction of sp³-hybridized carbons (Fsp3) is 0. The number of benzene rings is 2. The third-order valence-electron chi connectivity index (χ3n) is 4.22. The van der Waals surface area contributed by atoms with Crippen LogP contribution >= 0.6 is 27.5 Å². The summed E-state index contributed by atoms with van der Waals surface area (Å²) >= 11 is 9.25. The molecule has 4 rings (SSSR count). The number of imidazole rings is 1. The van der Waals surface area contributed by atoms with Crippen LogP contribution in [0.2, 0.25) is 5.15 Å². The lowest BCUT2D eigenvalue weighted by Crippen LogP contribution is -2.31. The van der Waals surface area contributed by atoms with Crippen molar-refractivity contribution in [2.45, 2.75) is 5.03 Å². The number of amides is 1. The number of rotatable bonds is 5. The third-order valence-corrected chi connectivity index (χ3v) is 6.42. The molecule has 0 aliphatic carbocycles. The highest BCUT2D eigenvalue weighted by molar-refractivity contribution is 9.10. The van der Waals surface area contributed by atoms with Gasteiger partial charge in [0.25, 0.3) is 15.9 Å². The molecule has 0 saturated carbocycles. The Balaban J connectivity index is 1.55. The standard InChI is InChI=1S/C20H11BrClF2N3O4S/c21-12-3-8-17-25-18(22)20(27(17)10-12)32(29,30)26-19(28)11-1-5-14(6-2-11)31-16-7-4-13(23)9-15(16)24/h1-10H,(H,26,28). The second-order valence-corrected chi connectivity index (χ2v) is 9.29. The molecule has 1 amide bonds. The molecule has 0 bridgehead atoms. The quantitative estimate of drug-likeness (QED) is 0.386. The summed E-state index contributed by atoms with van der Waals surface area (Å²) in [7, 11) is -4.37.